The molecule has 0 saturated carbocycles. The molecule has 407 valence electrons. The van der Waals surface area contributed by atoms with Gasteiger partial charge in [-0.25, -0.2) is 17.6 Å². The summed E-state index contributed by atoms with van der Waals surface area (Å²) in [6, 6.07) is 20.9. The number of methoxy groups -OCH3 is 2. The van der Waals surface area contributed by atoms with Crippen LogP contribution in [0.5, 0.6) is 17.2 Å². The first-order chi connectivity index (χ1) is 37.2. The predicted molar refractivity (Wildman–Crippen MR) is 282 cm³/mol. The molecule has 2 aliphatic rings. The molecule has 0 fully saturated rings. The first-order valence-electron chi connectivity index (χ1n) is 22.5. The number of nitrogens with one attached hydrogen (secondary N) is 2. The lowest BCUT2D eigenvalue weighted by atomic mass is 10.0. The fourth-order valence-electron chi connectivity index (χ4n) is 8.26. The van der Waals surface area contributed by atoms with Gasteiger partial charge >= 0.3 is 28.1 Å². The topological polar surface area (TPSA) is 243 Å². The van der Waals surface area contributed by atoms with Crippen molar-refractivity contribution < 1.29 is 62.6 Å². The van der Waals surface area contributed by atoms with Crippen LogP contribution in [0, 0.1) is 23.3 Å². The Kier molecular flexibility index (Phi) is 17.7. The summed E-state index contributed by atoms with van der Waals surface area (Å²) in [4.78, 5) is 25.6. The fourth-order valence-corrected chi connectivity index (χ4v) is 11.3. The minimum absolute atomic E-state index is 0.0319. The first-order valence-corrected chi connectivity index (χ1v) is 26.9. The Hall–Kier alpha value is -7.18. The van der Waals surface area contributed by atoms with Crippen molar-refractivity contribution in [1.82, 2.24) is 28.1 Å². The van der Waals surface area contributed by atoms with E-state index in [1.54, 1.807) is 6.07 Å². The number of benzene rings is 4. The van der Waals surface area contributed by atoms with Gasteiger partial charge < -0.3 is 28.2 Å². The van der Waals surface area contributed by atoms with Crippen molar-refractivity contribution in [2.24, 2.45) is 0 Å². The second kappa shape index (κ2) is 24.2. The van der Waals surface area contributed by atoms with E-state index < -0.39 is 49.2 Å². The van der Waals surface area contributed by atoms with Crippen molar-refractivity contribution in [3.8, 4) is 39.8 Å². The molecule has 6 heterocycles. The molecule has 78 heavy (non-hydrogen) atoms. The largest absolute Gasteiger partial charge is 0.569 e. The molecule has 0 amide bonds. The molecule has 0 atom stereocenters. The number of hydrogen-bond acceptors (Lipinski definition) is 14. The van der Waals surface area contributed by atoms with Crippen molar-refractivity contribution >= 4 is 78.9 Å². The zero-order valence-corrected chi connectivity index (χ0v) is 45.0. The standard InChI is InChI=1S/C24H19ClF2N4O5S.C18H16BrFN4O5S.C6H4BClFO2/c1-35-22-11-18(15-8-16(25)10-17(26)9-15)19(27)12-21(22)31-20-4-6-30(13-14(20)2-3-24(31)32)37(33,34)29-23-5-7-36-28-23;1-28-16-8-12(19)13(20)9-15(16)24-14-4-6-23(10-11(14)2-3-18(24)25)30(26,27)22-17-5-7-29-21-17;8-4-1-5(9)3-6(2-4)11-7-10/h2-3,5,7-12H,4,6,13H2,1H3,(H,28,29);2-3,5,7-9H,4,6,10H2,1H3,(H,21,22);1-3,10H. The Balaban J connectivity index is 0.000000175. The minimum atomic E-state index is -3.95. The SMILES string of the molecule is COc1cc(-c2cc(F)cc(Cl)c2)c(F)cc1-n1c2c(ccc1=O)CN(S(=O)(=O)Nc1ccon1)CC2.COc1cc(Br)c(F)cc1-n1c2c(ccc1=O)CN(S(=O)(=O)Nc1ccon1)CC2.O[B]Oc1cc(F)cc(Cl)c1. The van der Waals surface area contributed by atoms with E-state index in [-0.39, 0.29) is 105 Å². The molecule has 0 unspecified atom stereocenters. The van der Waals surface area contributed by atoms with Gasteiger partial charge in [0.05, 0.1) is 30.1 Å². The van der Waals surface area contributed by atoms with Gasteiger partial charge in [0.2, 0.25) is 0 Å². The number of hydrogen-bond donors (Lipinski definition) is 3. The van der Waals surface area contributed by atoms with E-state index in [4.69, 9.17) is 37.7 Å². The molecule has 10 rings (SSSR count). The van der Waals surface area contributed by atoms with Crippen LogP contribution in [0.1, 0.15) is 22.5 Å². The maximum atomic E-state index is 15.3. The maximum Gasteiger partial charge on any atom is 0.569 e. The zero-order chi connectivity index (χ0) is 56.1. The molecule has 4 aromatic heterocycles. The summed E-state index contributed by atoms with van der Waals surface area (Å²) in [5, 5.41) is 15.6. The molecular weight excluding hydrogens is 1180 g/mol. The third-order valence-corrected chi connectivity index (χ3v) is 15.6. The quantitative estimate of drug-likeness (QED) is 0.0732. The number of anilines is 2. The lowest BCUT2D eigenvalue weighted by Crippen LogP contribution is -2.41. The Morgan fingerprint density at radius 3 is 1.60 bits per heavy atom. The van der Waals surface area contributed by atoms with Crippen LogP contribution < -0.4 is 34.7 Å². The van der Waals surface area contributed by atoms with Crippen LogP contribution in [0.15, 0.2) is 133 Å². The number of nitrogens with zero attached hydrogens (tertiary/aromatic N) is 6. The van der Waals surface area contributed by atoms with Crippen LogP contribution in [0.3, 0.4) is 0 Å². The van der Waals surface area contributed by atoms with Crippen molar-refractivity contribution in [2.75, 3.05) is 36.8 Å². The maximum absolute atomic E-state index is 15.3. The van der Waals surface area contributed by atoms with Crippen molar-refractivity contribution in [3.05, 3.63) is 191 Å². The van der Waals surface area contributed by atoms with Gasteiger partial charge in [-0.2, -0.15) is 25.4 Å². The number of rotatable bonds is 13. The highest BCUT2D eigenvalue weighted by Gasteiger charge is 2.32. The molecule has 0 spiro atoms. The van der Waals surface area contributed by atoms with Gasteiger partial charge in [-0.1, -0.05) is 45.6 Å². The molecule has 20 nitrogen and oxygen atoms in total. The number of fused-ring (bicyclic) bond motifs is 2. The Labute approximate surface area is 460 Å². The van der Waals surface area contributed by atoms with E-state index in [0.29, 0.717) is 35.9 Å². The summed E-state index contributed by atoms with van der Waals surface area (Å²) in [5.74, 6) is -1.67. The molecule has 0 saturated heterocycles. The highest BCUT2D eigenvalue weighted by atomic mass is 79.9. The van der Waals surface area contributed by atoms with Gasteiger partial charge in [-0.05, 0) is 75.1 Å². The van der Waals surface area contributed by atoms with Crippen molar-refractivity contribution in [2.45, 2.75) is 25.9 Å². The third kappa shape index (κ3) is 13.0. The van der Waals surface area contributed by atoms with Crippen molar-refractivity contribution in [1.29, 1.82) is 0 Å². The lowest BCUT2D eigenvalue weighted by molar-refractivity contribution is 0.384. The molecule has 8 aromatic rings. The van der Waals surface area contributed by atoms with Crippen LogP contribution >= 0.6 is 39.1 Å². The van der Waals surface area contributed by atoms with Crippen LogP contribution in [0.4, 0.5) is 29.2 Å². The van der Waals surface area contributed by atoms with Crippen LogP contribution in [-0.2, 0) is 46.3 Å². The third-order valence-electron chi connectivity index (χ3n) is 11.7. The highest BCUT2D eigenvalue weighted by Crippen LogP contribution is 2.36. The van der Waals surface area contributed by atoms with Gasteiger partial charge in [0.15, 0.2) is 11.6 Å². The predicted octanol–water partition coefficient (Wildman–Crippen LogP) is 7.98. The fraction of sp³-hybridized carbons (Fsp3) is 0.167. The normalized spacial score (nSPS) is 13.4. The Morgan fingerprint density at radius 2 is 1.14 bits per heavy atom. The van der Waals surface area contributed by atoms with E-state index in [1.165, 1.54) is 105 Å². The summed E-state index contributed by atoms with van der Waals surface area (Å²) in [5.41, 5.74) is 2.08. The average Bonchev–Trinajstić information content (AvgIpc) is 4.11. The second-order valence-corrected chi connectivity index (χ2v) is 21.6. The molecule has 3 N–H and O–H groups in total. The first kappa shape index (κ1) is 57.0. The number of pyridine rings is 2. The zero-order valence-electron chi connectivity index (χ0n) is 40.3. The van der Waals surface area contributed by atoms with Gasteiger partial charge in [-0.15, -0.1) is 0 Å². The Morgan fingerprint density at radius 1 is 0.654 bits per heavy atom. The second-order valence-electron chi connectivity index (χ2n) is 16.5. The molecule has 0 bridgehead atoms. The van der Waals surface area contributed by atoms with E-state index in [1.807, 2.05) is 0 Å². The highest BCUT2D eigenvalue weighted by molar-refractivity contribution is 9.10. The molecule has 2 aliphatic heterocycles. The molecular formula is C48H39BBrCl2F4N8O12S2. The van der Waals surface area contributed by atoms with Crippen LogP contribution in [-0.4, -0.2) is 84.9 Å². The molecule has 30 heteroatoms. The molecule has 4 aromatic carbocycles. The van der Waals surface area contributed by atoms with Crippen LogP contribution in [0.25, 0.3) is 22.5 Å². The lowest BCUT2D eigenvalue weighted by Gasteiger charge is -2.30. The summed E-state index contributed by atoms with van der Waals surface area (Å²) in [6.07, 6.45) is 2.90. The van der Waals surface area contributed by atoms with E-state index in [9.17, 15) is 39.6 Å². The summed E-state index contributed by atoms with van der Waals surface area (Å²) in [7, 11) is -4.58. The average molecular weight is 1220 g/mol. The number of aromatic nitrogens is 4. The van der Waals surface area contributed by atoms with Crippen molar-refractivity contribution in [3.63, 3.8) is 0 Å². The van der Waals surface area contributed by atoms with E-state index in [2.05, 4.69) is 49.4 Å². The number of ether oxygens (including phenoxy) is 2. The monoisotopic (exact) mass is 1220 g/mol. The van der Waals surface area contributed by atoms with E-state index in [0.717, 1.165) is 30.3 Å². The summed E-state index contributed by atoms with van der Waals surface area (Å²) >= 11 is 14.5. The van der Waals surface area contributed by atoms with Gasteiger partial charge in [0, 0.05) is 108 Å². The Bertz CT molecular complexity index is 3830. The smallest absolute Gasteiger partial charge is 0.537 e. The van der Waals surface area contributed by atoms with Crippen LogP contribution in [0.2, 0.25) is 10.0 Å². The van der Waals surface area contributed by atoms with E-state index >= 15 is 4.39 Å². The molecule has 1 radical (unpaired) electrons. The van der Waals surface area contributed by atoms with Gasteiger partial charge in [0.25, 0.3) is 11.1 Å². The molecule has 0 aliphatic carbocycles. The number of halogens is 7. The summed E-state index contributed by atoms with van der Waals surface area (Å²) < 4.78 is 141. The van der Waals surface area contributed by atoms with Gasteiger partial charge in [-0.3, -0.25) is 28.2 Å². The summed E-state index contributed by atoms with van der Waals surface area (Å²) in [6.45, 7) is 0.164. The minimum Gasteiger partial charge on any atom is -0.537 e. The van der Waals surface area contributed by atoms with Gasteiger partial charge in [0.1, 0.15) is 53.0 Å².